The number of rotatable bonds is 25. The van der Waals surface area contributed by atoms with Crippen LogP contribution in [0, 0.1) is 5.92 Å². The molecule has 0 bridgehead atoms. The number of nitrogens with one attached hydrogen (secondary N) is 7. The van der Waals surface area contributed by atoms with E-state index in [9.17, 15) is 58.2 Å². The molecule has 320 valence electrons. The maximum Gasteiger partial charge on any atom is 0.322 e. The van der Waals surface area contributed by atoms with E-state index >= 15 is 0 Å². The van der Waals surface area contributed by atoms with Crippen molar-refractivity contribution in [2.75, 3.05) is 45.9 Å². The van der Waals surface area contributed by atoms with Gasteiger partial charge in [0.25, 0.3) is 0 Å². The van der Waals surface area contributed by atoms with Crippen molar-refractivity contribution in [3.63, 3.8) is 0 Å². The summed E-state index contributed by atoms with van der Waals surface area (Å²) in [5.74, 6) is -10.3. The van der Waals surface area contributed by atoms with Crippen LogP contribution in [0.3, 0.4) is 0 Å². The smallest absolute Gasteiger partial charge is 0.322 e. The van der Waals surface area contributed by atoms with Gasteiger partial charge in [-0.15, -0.1) is 0 Å². The number of amides is 8. The summed E-state index contributed by atoms with van der Waals surface area (Å²) in [6.07, 6.45) is 0.638. The first-order chi connectivity index (χ1) is 26.8. The number of aliphatic hydroxyl groups is 1. The normalized spacial score (nSPS) is 15.9. The van der Waals surface area contributed by atoms with Crippen LogP contribution in [-0.4, -0.2) is 161 Å². The highest BCUT2D eigenvalue weighted by Gasteiger charge is 2.39. The SMILES string of the molecule is CC[C@H](C)[C@H](NC(=O)[C@@H]1CCCN1C(=O)[C@H](CCCN=C(N)N)NC(=O)CN)C(=O)NCC(=O)NCC(=O)N[C@@H](CC(=O)O)C(=O)N[C@@H](CO)C(=O)NCC(=O)O. The van der Waals surface area contributed by atoms with Gasteiger partial charge in [0.2, 0.25) is 47.3 Å². The predicted molar refractivity (Wildman–Crippen MR) is 197 cm³/mol. The number of hydrogen-bond donors (Lipinski definition) is 13. The monoisotopic (exact) mass is 814 g/mol. The Bertz CT molecular complexity index is 1510. The third-order valence-electron chi connectivity index (χ3n) is 8.52. The van der Waals surface area contributed by atoms with E-state index in [1.165, 1.54) is 4.90 Å². The molecule has 25 nitrogen and oxygen atoms in total. The highest BCUT2D eigenvalue weighted by Crippen LogP contribution is 2.21. The molecule has 1 aliphatic heterocycles. The standard InChI is InChI=1S/C32H54N12O13/c1-3-16(2)26(43-29(55)20-7-5-9-44(20)31(57)17(40-21(46)11-33)6-4-8-36-32(34)35)30(56)38-12-22(47)37-13-23(48)41-18(10-24(49)50)28(54)42-19(15-45)27(53)39-14-25(51)52/h16-20,26,45H,3-15,33H2,1-2H3,(H,37,47)(H,38,56)(H,39,53)(H,40,46)(H,41,48)(H,42,54)(H,43,55)(H,49,50)(H,51,52)(H4,34,35,36)/t16-,17-,18-,19-,20-,26-/m0/s1. The summed E-state index contributed by atoms with van der Waals surface area (Å²) >= 11 is 0. The van der Waals surface area contributed by atoms with Gasteiger partial charge in [-0.05, 0) is 31.6 Å². The number of hydrogen-bond acceptors (Lipinski definition) is 13. The number of aliphatic imine (C=N–C) groups is 1. The van der Waals surface area contributed by atoms with Gasteiger partial charge in [0.1, 0.15) is 36.8 Å². The maximum atomic E-state index is 13.6. The Morgan fingerprint density at radius 1 is 0.772 bits per heavy atom. The third kappa shape index (κ3) is 17.9. The molecule has 0 aromatic carbocycles. The summed E-state index contributed by atoms with van der Waals surface area (Å²) in [6, 6.07) is -6.64. The summed E-state index contributed by atoms with van der Waals surface area (Å²) in [5.41, 5.74) is 16.1. The molecule has 1 fully saturated rings. The lowest BCUT2D eigenvalue weighted by molar-refractivity contribution is -0.142. The second-order valence-corrected chi connectivity index (χ2v) is 12.9. The van der Waals surface area contributed by atoms with Crippen molar-refractivity contribution in [3.05, 3.63) is 0 Å². The molecule has 16 N–H and O–H groups in total. The van der Waals surface area contributed by atoms with Gasteiger partial charge in [0, 0.05) is 13.1 Å². The fourth-order valence-electron chi connectivity index (χ4n) is 5.37. The second kappa shape index (κ2) is 25.1. The van der Waals surface area contributed by atoms with Gasteiger partial charge >= 0.3 is 11.9 Å². The van der Waals surface area contributed by atoms with Crippen molar-refractivity contribution in [2.24, 2.45) is 28.1 Å². The largest absolute Gasteiger partial charge is 0.481 e. The zero-order valence-electron chi connectivity index (χ0n) is 31.7. The molecule has 1 rings (SSSR count). The highest BCUT2D eigenvalue weighted by atomic mass is 16.4. The first-order valence-electron chi connectivity index (χ1n) is 18.0. The average Bonchev–Trinajstić information content (AvgIpc) is 3.66. The Labute approximate surface area is 327 Å². The number of aliphatic carboxylic acids is 2. The second-order valence-electron chi connectivity index (χ2n) is 12.9. The van der Waals surface area contributed by atoms with Crippen LogP contribution in [0.25, 0.3) is 0 Å². The zero-order valence-corrected chi connectivity index (χ0v) is 31.7. The van der Waals surface area contributed by atoms with Crippen molar-refractivity contribution in [2.45, 2.75) is 82.6 Å². The molecule has 1 saturated heterocycles. The zero-order chi connectivity index (χ0) is 43.2. The molecule has 0 saturated carbocycles. The molecular formula is C32H54N12O13. The number of aliphatic hydroxyl groups excluding tert-OH is 1. The van der Waals surface area contributed by atoms with E-state index in [4.69, 9.17) is 22.3 Å². The number of nitrogens with zero attached hydrogens (tertiary/aromatic N) is 2. The van der Waals surface area contributed by atoms with E-state index in [1.54, 1.807) is 13.8 Å². The van der Waals surface area contributed by atoms with Crippen LogP contribution < -0.4 is 54.4 Å². The topological polar surface area (TPSA) is 409 Å². The van der Waals surface area contributed by atoms with E-state index in [0.717, 1.165) is 0 Å². The Morgan fingerprint density at radius 2 is 1.40 bits per heavy atom. The molecule has 0 unspecified atom stereocenters. The van der Waals surface area contributed by atoms with Crippen LogP contribution in [0.15, 0.2) is 4.99 Å². The molecule has 57 heavy (non-hydrogen) atoms. The van der Waals surface area contributed by atoms with Gasteiger partial charge in [-0.2, -0.15) is 0 Å². The molecule has 25 heteroatoms. The van der Waals surface area contributed by atoms with Crippen molar-refractivity contribution in [3.8, 4) is 0 Å². The van der Waals surface area contributed by atoms with Crippen LogP contribution in [0.1, 0.15) is 52.4 Å². The summed E-state index contributed by atoms with van der Waals surface area (Å²) in [5, 5.41) is 43.1. The van der Waals surface area contributed by atoms with Crippen molar-refractivity contribution < 1.29 is 63.3 Å². The predicted octanol–water partition coefficient (Wildman–Crippen LogP) is -7.12. The molecule has 1 aliphatic rings. The van der Waals surface area contributed by atoms with Gasteiger partial charge in [-0.1, -0.05) is 20.3 Å². The lowest BCUT2D eigenvalue weighted by Crippen LogP contribution is -2.58. The molecule has 0 aromatic rings. The van der Waals surface area contributed by atoms with E-state index in [0.29, 0.717) is 19.3 Å². The minimum absolute atomic E-state index is 0.141. The van der Waals surface area contributed by atoms with Gasteiger partial charge in [-0.25, -0.2) is 0 Å². The molecule has 0 radical (unpaired) electrons. The van der Waals surface area contributed by atoms with Crippen molar-refractivity contribution in [1.82, 2.24) is 42.1 Å². The van der Waals surface area contributed by atoms with E-state index in [-0.39, 0.29) is 38.4 Å². The molecule has 6 atom stereocenters. The molecule has 1 heterocycles. The van der Waals surface area contributed by atoms with Crippen LogP contribution in [-0.2, 0) is 47.9 Å². The molecule has 0 aliphatic carbocycles. The Kier molecular flexibility index (Phi) is 21.6. The summed E-state index contributed by atoms with van der Waals surface area (Å²) in [6.45, 7) is 0.156. The van der Waals surface area contributed by atoms with Crippen LogP contribution in [0.2, 0.25) is 0 Å². The molecule has 0 spiro atoms. The first kappa shape index (κ1) is 48.9. The molecule has 8 amide bonds. The minimum atomic E-state index is -1.79. The van der Waals surface area contributed by atoms with Crippen molar-refractivity contribution in [1.29, 1.82) is 0 Å². The summed E-state index contributed by atoms with van der Waals surface area (Å²) in [4.78, 5) is 129. The quantitative estimate of drug-likeness (QED) is 0.0231. The lowest BCUT2D eigenvalue weighted by Gasteiger charge is -2.31. The number of carboxylic acid groups (broad SMARTS) is 2. The first-order valence-corrected chi connectivity index (χ1v) is 18.0. The van der Waals surface area contributed by atoms with E-state index < -0.39 is 128 Å². The summed E-state index contributed by atoms with van der Waals surface area (Å²) in [7, 11) is 0. The highest BCUT2D eigenvalue weighted by molar-refractivity contribution is 5.97. The average molecular weight is 815 g/mol. The van der Waals surface area contributed by atoms with Crippen LogP contribution >= 0.6 is 0 Å². The fourth-order valence-corrected chi connectivity index (χ4v) is 5.37. The minimum Gasteiger partial charge on any atom is -0.481 e. The number of guanidine groups is 1. The van der Waals surface area contributed by atoms with Gasteiger partial charge in [0.15, 0.2) is 5.96 Å². The number of nitrogens with two attached hydrogens (primary N) is 3. The van der Waals surface area contributed by atoms with Gasteiger partial charge in [-0.3, -0.25) is 52.9 Å². The lowest BCUT2D eigenvalue weighted by atomic mass is 9.97. The van der Waals surface area contributed by atoms with E-state index in [2.05, 4.69) is 31.6 Å². The Hall–Kier alpha value is -6.11. The maximum absolute atomic E-state index is 13.6. The summed E-state index contributed by atoms with van der Waals surface area (Å²) < 4.78 is 0. The van der Waals surface area contributed by atoms with Crippen LogP contribution in [0.4, 0.5) is 0 Å². The van der Waals surface area contributed by atoms with E-state index in [1.807, 2.05) is 10.6 Å². The van der Waals surface area contributed by atoms with Gasteiger partial charge < -0.3 is 74.6 Å². The Morgan fingerprint density at radius 3 is 1.98 bits per heavy atom. The Balaban J connectivity index is 2.86. The number of carbonyl (C=O) groups excluding carboxylic acids is 8. The number of carboxylic acids is 2. The van der Waals surface area contributed by atoms with Crippen LogP contribution in [0.5, 0.6) is 0 Å². The number of carbonyl (C=O) groups is 10. The van der Waals surface area contributed by atoms with Crippen molar-refractivity contribution >= 4 is 65.2 Å². The van der Waals surface area contributed by atoms with Gasteiger partial charge in [0.05, 0.1) is 32.7 Å². The number of likely N-dealkylation sites (tertiary alicyclic amines) is 1. The fraction of sp³-hybridized carbons (Fsp3) is 0.656. The molecule has 0 aromatic heterocycles. The third-order valence-corrected chi connectivity index (χ3v) is 8.52. The molecular weight excluding hydrogens is 760 g/mol.